The summed E-state index contributed by atoms with van der Waals surface area (Å²) in [6.45, 7) is 8.52. The molecule has 2 nitrogen and oxygen atoms in total. The van der Waals surface area contributed by atoms with E-state index in [1.807, 2.05) is 31.2 Å². The molecule has 1 aromatic rings. The largest absolute Gasteiger partial charge is 0.497 e. The summed E-state index contributed by atoms with van der Waals surface area (Å²) in [5, 5.41) is 10.5. The fourth-order valence-electron chi connectivity index (χ4n) is 1.95. The summed E-state index contributed by atoms with van der Waals surface area (Å²) in [4.78, 5) is 0. The molecular formula is C16H26O2. The molecule has 0 heterocycles. The third-order valence-corrected chi connectivity index (χ3v) is 3.13. The summed E-state index contributed by atoms with van der Waals surface area (Å²) in [7, 11) is 1.66. The van der Waals surface area contributed by atoms with Gasteiger partial charge in [-0.05, 0) is 42.9 Å². The molecular weight excluding hydrogens is 224 g/mol. The van der Waals surface area contributed by atoms with Gasteiger partial charge in [-0.3, -0.25) is 0 Å². The molecule has 0 radical (unpaired) electrons. The van der Waals surface area contributed by atoms with Crippen molar-refractivity contribution in [3.8, 4) is 5.75 Å². The van der Waals surface area contributed by atoms with Crippen molar-refractivity contribution in [1.82, 2.24) is 0 Å². The number of hydrogen-bond donors (Lipinski definition) is 1. The Bertz CT molecular complexity index is 375. The third kappa shape index (κ3) is 5.54. The van der Waals surface area contributed by atoms with Crippen LogP contribution in [0.1, 0.15) is 46.1 Å². The second-order valence-corrected chi connectivity index (χ2v) is 6.59. The predicted molar refractivity (Wildman–Crippen MR) is 76.0 cm³/mol. The first-order chi connectivity index (χ1) is 8.22. The zero-order valence-corrected chi connectivity index (χ0v) is 12.3. The Morgan fingerprint density at radius 1 is 1.11 bits per heavy atom. The molecule has 0 saturated heterocycles. The molecule has 18 heavy (non-hydrogen) atoms. The van der Waals surface area contributed by atoms with Crippen LogP contribution in [0.15, 0.2) is 24.3 Å². The smallest absolute Gasteiger partial charge is 0.119 e. The van der Waals surface area contributed by atoms with Crippen LogP contribution in [0.25, 0.3) is 0 Å². The van der Waals surface area contributed by atoms with E-state index in [1.54, 1.807) is 7.11 Å². The van der Waals surface area contributed by atoms with Crippen molar-refractivity contribution in [2.75, 3.05) is 7.11 Å². The Morgan fingerprint density at radius 2 is 1.78 bits per heavy atom. The molecule has 0 bridgehead atoms. The van der Waals surface area contributed by atoms with Gasteiger partial charge in [-0.2, -0.15) is 0 Å². The van der Waals surface area contributed by atoms with Crippen LogP contribution >= 0.6 is 0 Å². The molecule has 2 heteroatoms. The molecule has 0 aliphatic rings. The first kappa shape index (κ1) is 15.0. The van der Waals surface area contributed by atoms with E-state index >= 15 is 0 Å². The van der Waals surface area contributed by atoms with Crippen LogP contribution in [-0.2, 0) is 6.42 Å². The quantitative estimate of drug-likeness (QED) is 0.861. The average molecular weight is 250 g/mol. The average Bonchev–Trinajstić information content (AvgIpc) is 2.25. The van der Waals surface area contributed by atoms with Gasteiger partial charge in [-0.15, -0.1) is 0 Å². The van der Waals surface area contributed by atoms with Crippen LogP contribution in [-0.4, -0.2) is 17.8 Å². The standard InChI is InChI=1S/C16H26O2/c1-15(2,3)9-10-16(4,17)12-13-7-6-8-14(11-13)18-5/h6-8,11,17H,9-10,12H2,1-5H3. The topological polar surface area (TPSA) is 29.5 Å². The molecule has 0 saturated carbocycles. The minimum absolute atomic E-state index is 0.262. The van der Waals surface area contributed by atoms with Crippen LogP contribution in [0.3, 0.4) is 0 Å². The van der Waals surface area contributed by atoms with Gasteiger partial charge < -0.3 is 9.84 Å². The van der Waals surface area contributed by atoms with Crippen molar-refractivity contribution in [3.05, 3.63) is 29.8 Å². The Labute approximate surface area is 111 Å². The van der Waals surface area contributed by atoms with E-state index in [0.717, 1.165) is 24.2 Å². The summed E-state index contributed by atoms with van der Waals surface area (Å²) in [6, 6.07) is 7.92. The van der Waals surface area contributed by atoms with Crippen molar-refractivity contribution in [2.45, 2.75) is 52.6 Å². The Morgan fingerprint density at radius 3 is 2.33 bits per heavy atom. The number of methoxy groups -OCH3 is 1. The van der Waals surface area contributed by atoms with Gasteiger partial charge in [-0.1, -0.05) is 32.9 Å². The number of ether oxygens (including phenoxy) is 1. The predicted octanol–water partition coefficient (Wildman–Crippen LogP) is 3.82. The second-order valence-electron chi connectivity index (χ2n) is 6.59. The van der Waals surface area contributed by atoms with Crippen LogP contribution in [0.5, 0.6) is 5.75 Å². The summed E-state index contributed by atoms with van der Waals surface area (Å²) in [5.41, 5.74) is 0.728. The van der Waals surface area contributed by atoms with Crippen LogP contribution < -0.4 is 4.74 Å². The van der Waals surface area contributed by atoms with Gasteiger partial charge in [0, 0.05) is 6.42 Å². The highest BCUT2D eigenvalue weighted by molar-refractivity contribution is 5.29. The van der Waals surface area contributed by atoms with E-state index in [-0.39, 0.29) is 5.41 Å². The first-order valence-corrected chi connectivity index (χ1v) is 6.57. The molecule has 0 aliphatic heterocycles. The molecule has 102 valence electrons. The van der Waals surface area contributed by atoms with Gasteiger partial charge >= 0.3 is 0 Å². The van der Waals surface area contributed by atoms with E-state index < -0.39 is 5.60 Å². The lowest BCUT2D eigenvalue weighted by atomic mass is 9.83. The fourth-order valence-corrected chi connectivity index (χ4v) is 1.95. The first-order valence-electron chi connectivity index (χ1n) is 6.57. The van der Waals surface area contributed by atoms with Gasteiger partial charge in [0.2, 0.25) is 0 Å². The van der Waals surface area contributed by atoms with E-state index in [9.17, 15) is 5.11 Å². The molecule has 0 spiro atoms. The fraction of sp³-hybridized carbons (Fsp3) is 0.625. The zero-order valence-electron chi connectivity index (χ0n) is 12.3. The lowest BCUT2D eigenvalue weighted by Gasteiger charge is -2.28. The molecule has 1 N–H and O–H groups in total. The van der Waals surface area contributed by atoms with Crippen LogP contribution in [0, 0.1) is 5.41 Å². The van der Waals surface area contributed by atoms with Gasteiger partial charge in [-0.25, -0.2) is 0 Å². The monoisotopic (exact) mass is 250 g/mol. The zero-order chi connectivity index (χ0) is 13.8. The maximum atomic E-state index is 10.5. The second kappa shape index (κ2) is 5.75. The van der Waals surface area contributed by atoms with E-state index in [1.165, 1.54) is 0 Å². The third-order valence-electron chi connectivity index (χ3n) is 3.13. The highest BCUT2D eigenvalue weighted by Crippen LogP contribution is 2.28. The Kier molecular flexibility index (Phi) is 4.80. The molecule has 0 aromatic heterocycles. The minimum Gasteiger partial charge on any atom is -0.497 e. The molecule has 1 rings (SSSR count). The molecule has 0 fully saturated rings. The lowest BCUT2D eigenvalue weighted by molar-refractivity contribution is 0.0396. The van der Waals surface area contributed by atoms with E-state index in [2.05, 4.69) is 20.8 Å². The Balaban J connectivity index is 2.63. The SMILES string of the molecule is COc1cccc(CC(C)(O)CCC(C)(C)C)c1. The molecule has 1 aromatic carbocycles. The van der Waals surface area contributed by atoms with Crippen molar-refractivity contribution in [1.29, 1.82) is 0 Å². The number of rotatable bonds is 5. The number of hydrogen-bond acceptors (Lipinski definition) is 2. The maximum absolute atomic E-state index is 10.5. The maximum Gasteiger partial charge on any atom is 0.119 e. The van der Waals surface area contributed by atoms with Crippen molar-refractivity contribution < 1.29 is 9.84 Å². The Hall–Kier alpha value is -1.02. The highest BCUT2D eigenvalue weighted by atomic mass is 16.5. The van der Waals surface area contributed by atoms with Crippen LogP contribution in [0.4, 0.5) is 0 Å². The van der Waals surface area contributed by atoms with Crippen molar-refractivity contribution >= 4 is 0 Å². The highest BCUT2D eigenvalue weighted by Gasteiger charge is 2.24. The normalized spacial score (nSPS) is 15.2. The summed E-state index contributed by atoms with van der Waals surface area (Å²) < 4.78 is 5.20. The molecule has 0 amide bonds. The summed E-state index contributed by atoms with van der Waals surface area (Å²) >= 11 is 0. The summed E-state index contributed by atoms with van der Waals surface area (Å²) in [5.74, 6) is 0.846. The van der Waals surface area contributed by atoms with Crippen molar-refractivity contribution in [2.24, 2.45) is 5.41 Å². The lowest BCUT2D eigenvalue weighted by Crippen LogP contribution is -2.28. The minimum atomic E-state index is -0.653. The number of aliphatic hydroxyl groups is 1. The number of benzene rings is 1. The van der Waals surface area contributed by atoms with E-state index in [4.69, 9.17) is 4.74 Å². The molecule has 0 aliphatic carbocycles. The van der Waals surface area contributed by atoms with Crippen LogP contribution in [0.2, 0.25) is 0 Å². The van der Waals surface area contributed by atoms with Gasteiger partial charge in [0.05, 0.1) is 12.7 Å². The van der Waals surface area contributed by atoms with Gasteiger partial charge in [0.15, 0.2) is 0 Å². The summed E-state index contributed by atoms with van der Waals surface area (Å²) in [6.07, 6.45) is 2.50. The van der Waals surface area contributed by atoms with Gasteiger partial charge in [0.25, 0.3) is 0 Å². The van der Waals surface area contributed by atoms with Gasteiger partial charge in [0.1, 0.15) is 5.75 Å². The molecule has 1 atom stereocenters. The van der Waals surface area contributed by atoms with E-state index in [0.29, 0.717) is 6.42 Å². The van der Waals surface area contributed by atoms with Crippen molar-refractivity contribution in [3.63, 3.8) is 0 Å². The molecule has 1 unspecified atom stereocenters.